The summed E-state index contributed by atoms with van der Waals surface area (Å²) >= 11 is 0. The molecular formula is C15H23N5O. The Morgan fingerprint density at radius 3 is 2.52 bits per heavy atom. The second kappa shape index (κ2) is 6.67. The molecule has 2 rings (SSSR count). The van der Waals surface area contributed by atoms with Crippen LogP contribution in [0.4, 0.5) is 6.01 Å². The first-order valence-corrected chi connectivity index (χ1v) is 7.19. The molecule has 0 aromatic carbocycles. The van der Waals surface area contributed by atoms with Gasteiger partial charge in [0, 0.05) is 31.0 Å². The molecule has 0 unspecified atom stereocenters. The van der Waals surface area contributed by atoms with Gasteiger partial charge in [-0.25, -0.2) is 0 Å². The maximum atomic E-state index is 5.73. The van der Waals surface area contributed by atoms with Gasteiger partial charge < -0.3 is 14.6 Å². The first-order valence-electron chi connectivity index (χ1n) is 7.19. The van der Waals surface area contributed by atoms with Gasteiger partial charge >= 0.3 is 6.01 Å². The van der Waals surface area contributed by atoms with Crippen molar-refractivity contribution in [1.82, 2.24) is 20.5 Å². The van der Waals surface area contributed by atoms with E-state index in [-0.39, 0.29) is 5.54 Å². The van der Waals surface area contributed by atoms with Gasteiger partial charge in [-0.1, -0.05) is 5.10 Å². The normalized spacial score (nSPS) is 11.6. The van der Waals surface area contributed by atoms with E-state index in [1.165, 1.54) is 5.56 Å². The molecule has 0 spiro atoms. The molecule has 0 aliphatic carbocycles. The molecule has 6 heteroatoms. The Morgan fingerprint density at radius 1 is 1.19 bits per heavy atom. The highest BCUT2D eigenvalue weighted by Crippen LogP contribution is 2.15. The van der Waals surface area contributed by atoms with Crippen molar-refractivity contribution in [3.8, 4) is 0 Å². The van der Waals surface area contributed by atoms with E-state index in [4.69, 9.17) is 4.42 Å². The van der Waals surface area contributed by atoms with Gasteiger partial charge in [-0.3, -0.25) is 4.98 Å². The summed E-state index contributed by atoms with van der Waals surface area (Å²) in [4.78, 5) is 6.07. The van der Waals surface area contributed by atoms with Gasteiger partial charge in [0.15, 0.2) is 0 Å². The molecule has 0 saturated heterocycles. The smallest absolute Gasteiger partial charge is 0.318 e. The summed E-state index contributed by atoms with van der Waals surface area (Å²) in [5.74, 6) is 0.605. The molecular weight excluding hydrogens is 266 g/mol. The highest BCUT2D eigenvalue weighted by Gasteiger charge is 2.15. The van der Waals surface area contributed by atoms with Crippen LogP contribution < -0.4 is 10.2 Å². The summed E-state index contributed by atoms with van der Waals surface area (Å²) in [5.41, 5.74) is 1.19. The molecule has 2 aromatic heterocycles. The molecule has 0 fully saturated rings. The van der Waals surface area contributed by atoms with Gasteiger partial charge in [0.1, 0.15) is 0 Å². The van der Waals surface area contributed by atoms with Crippen molar-refractivity contribution in [2.45, 2.75) is 46.3 Å². The average Bonchev–Trinajstić information content (AvgIpc) is 2.92. The molecule has 0 aliphatic heterocycles. The van der Waals surface area contributed by atoms with Crippen LogP contribution in [-0.4, -0.2) is 27.3 Å². The van der Waals surface area contributed by atoms with Crippen molar-refractivity contribution in [3.63, 3.8) is 0 Å². The molecule has 0 atom stereocenters. The zero-order valence-electron chi connectivity index (χ0n) is 13.1. The van der Waals surface area contributed by atoms with E-state index in [1.54, 1.807) is 12.4 Å². The quantitative estimate of drug-likeness (QED) is 0.880. The number of hydrogen-bond acceptors (Lipinski definition) is 6. The van der Waals surface area contributed by atoms with E-state index < -0.39 is 0 Å². The number of pyridine rings is 1. The molecule has 0 bridgehead atoms. The summed E-state index contributed by atoms with van der Waals surface area (Å²) in [6.45, 7) is 10.5. The zero-order valence-corrected chi connectivity index (χ0v) is 13.1. The third-order valence-electron chi connectivity index (χ3n) is 3.00. The van der Waals surface area contributed by atoms with Crippen LogP contribution in [0.5, 0.6) is 0 Å². The van der Waals surface area contributed by atoms with Crippen LogP contribution in [-0.2, 0) is 13.1 Å². The predicted octanol–water partition coefficient (Wildman–Crippen LogP) is 2.38. The van der Waals surface area contributed by atoms with Gasteiger partial charge in [-0.15, -0.1) is 5.10 Å². The molecule has 6 nitrogen and oxygen atoms in total. The van der Waals surface area contributed by atoms with Crippen LogP contribution in [0.25, 0.3) is 0 Å². The van der Waals surface area contributed by atoms with Crippen molar-refractivity contribution in [2.75, 3.05) is 11.4 Å². The number of aromatic nitrogens is 3. The highest BCUT2D eigenvalue weighted by molar-refractivity contribution is 5.27. The van der Waals surface area contributed by atoms with Gasteiger partial charge in [0.05, 0.1) is 6.54 Å². The number of rotatable bonds is 6. The van der Waals surface area contributed by atoms with Gasteiger partial charge in [-0.05, 0) is 45.4 Å². The summed E-state index contributed by atoms with van der Waals surface area (Å²) in [5, 5.41) is 11.6. The van der Waals surface area contributed by atoms with Crippen molar-refractivity contribution in [2.24, 2.45) is 0 Å². The van der Waals surface area contributed by atoms with Crippen LogP contribution in [0.2, 0.25) is 0 Å². The fourth-order valence-electron chi connectivity index (χ4n) is 1.81. The van der Waals surface area contributed by atoms with E-state index in [2.05, 4.69) is 48.2 Å². The van der Waals surface area contributed by atoms with Crippen LogP contribution in [0.1, 0.15) is 39.1 Å². The molecule has 2 aromatic rings. The SMILES string of the molecule is CCN(Cc1ccncc1)c1nnc(CNC(C)(C)C)o1. The van der Waals surface area contributed by atoms with Crippen LogP contribution >= 0.6 is 0 Å². The van der Waals surface area contributed by atoms with E-state index in [0.717, 1.165) is 13.1 Å². The van der Waals surface area contributed by atoms with Crippen LogP contribution in [0.15, 0.2) is 28.9 Å². The Morgan fingerprint density at radius 2 is 1.90 bits per heavy atom. The largest absolute Gasteiger partial charge is 0.407 e. The average molecular weight is 289 g/mol. The Kier molecular flexibility index (Phi) is 4.90. The minimum Gasteiger partial charge on any atom is -0.407 e. The first kappa shape index (κ1) is 15.4. The second-order valence-electron chi connectivity index (χ2n) is 5.95. The van der Waals surface area contributed by atoms with Crippen LogP contribution in [0, 0.1) is 0 Å². The molecule has 0 radical (unpaired) electrons. The molecule has 0 saturated carbocycles. The van der Waals surface area contributed by atoms with Crippen molar-refractivity contribution < 1.29 is 4.42 Å². The molecule has 21 heavy (non-hydrogen) atoms. The number of nitrogens with one attached hydrogen (secondary N) is 1. The third kappa shape index (κ3) is 4.82. The maximum absolute atomic E-state index is 5.73. The second-order valence-corrected chi connectivity index (χ2v) is 5.95. The Bertz CT molecular complexity index is 547. The topological polar surface area (TPSA) is 67.1 Å². The molecule has 2 heterocycles. The third-order valence-corrected chi connectivity index (χ3v) is 3.00. The lowest BCUT2D eigenvalue weighted by atomic mass is 10.1. The van der Waals surface area contributed by atoms with Crippen LogP contribution in [0.3, 0.4) is 0 Å². The lowest BCUT2D eigenvalue weighted by Crippen LogP contribution is -2.35. The van der Waals surface area contributed by atoms with Gasteiger partial charge in [0.2, 0.25) is 5.89 Å². The monoisotopic (exact) mass is 289 g/mol. The molecule has 0 amide bonds. The summed E-state index contributed by atoms with van der Waals surface area (Å²) in [7, 11) is 0. The maximum Gasteiger partial charge on any atom is 0.318 e. The fourth-order valence-corrected chi connectivity index (χ4v) is 1.81. The van der Waals surface area contributed by atoms with Crippen molar-refractivity contribution in [3.05, 3.63) is 36.0 Å². The Hall–Kier alpha value is -1.95. The number of anilines is 1. The zero-order chi connectivity index (χ0) is 15.3. The number of hydrogen-bond donors (Lipinski definition) is 1. The van der Waals surface area contributed by atoms with Crippen molar-refractivity contribution >= 4 is 6.01 Å². The van der Waals surface area contributed by atoms with Gasteiger partial charge in [0.25, 0.3) is 0 Å². The minimum atomic E-state index is 0.0239. The Balaban J connectivity index is 2.01. The summed E-state index contributed by atoms with van der Waals surface area (Å²) in [6.07, 6.45) is 3.57. The summed E-state index contributed by atoms with van der Waals surface area (Å²) < 4.78 is 5.73. The lowest BCUT2D eigenvalue weighted by molar-refractivity contribution is 0.380. The molecule has 114 valence electrons. The minimum absolute atomic E-state index is 0.0239. The standard InChI is InChI=1S/C15H23N5O/c1-5-20(11-12-6-8-16-9-7-12)14-19-18-13(21-14)10-17-15(2,3)4/h6-9,17H,5,10-11H2,1-4H3. The van der Waals surface area contributed by atoms with E-state index >= 15 is 0 Å². The Labute approximate surface area is 125 Å². The van der Waals surface area contributed by atoms with Crippen molar-refractivity contribution in [1.29, 1.82) is 0 Å². The van der Waals surface area contributed by atoms with Gasteiger partial charge in [-0.2, -0.15) is 0 Å². The van der Waals surface area contributed by atoms with E-state index in [9.17, 15) is 0 Å². The predicted molar refractivity (Wildman–Crippen MR) is 81.9 cm³/mol. The highest BCUT2D eigenvalue weighted by atomic mass is 16.4. The molecule has 1 N–H and O–H groups in total. The van der Waals surface area contributed by atoms with E-state index in [1.807, 2.05) is 17.0 Å². The van der Waals surface area contributed by atoms with E-state index in [0.29, 0.717) is 18.5 Å². The summed E-state index contributed by atoms with van der Waals surface area (Å²) in [6, 6.07) is 4.53. The number of nitrogens with zero attached hydrogens (tertiary/aromatic N) is 4. The molecule has 0 aliphatic rings. The lowest BCUT2D eigenvalue weighted by Gasteiger charge is -2.19. The first-order chi connectivity index (χ1) is 9.98. The fraction of sp³-hybridized carbons (Fsp3) is 0.533.